The fourth-order valence-electron chi connectivity index (χ4n) is 4.59. The van der Waals surface area contributed by atoms with E-state index in [0.717, 1.165) is 68.1 Å². The van der Waals surface area contributed by atoms with Crippen molar-refractivity contribution in [2.75, 3.05) is 0 Å². The molecule has 2 atom stereocenters. The fraction of sp³-hybridized carbons (Fsp3) is 0.714. The molecule has 0 aliphatic rings. The van der Waals surface area contributed by atoms with Crippen molar-refractivity contribution in [3.8, 4) is 0 Å². The first kappa shape index (κ1) is 28.2. The third-order valence-electron chi connectivity index (χ3n) is 6.40. The predicted molar refractivity (Wildman–Crippen MR) is 132 cm³/mol. The third-order valence-corrected chi connectivity index (χ3v) is 6.40. The van der Waals surface area contributed by atoms with Crippen LogP contribution in [0.2, 0.25) is 0 Å². The molecule has 182 valence electrons. The van der Waals surface area contributed by atoms with Gasteiger partial charge >= 0.3 is 11.9 Å². The standard InChI is InChI=1S/C28H46O4/c1-6-7-8-9-15-22-16-12-17-23(24(27(29)30)18-10-13-20(2)3)26(22)25(28(31)32)19-11-14-21(4)5/h12,16-17,20-21,24-25H,6-11,13-15,18-19H2,1-5H3,(H,29,30)(H,31,32). The van der Waals surface area contributed by atoms with Crippen molar-refractivity contribution in [1.82, 2.24) is 0 Å². The molecule has 4 heteroatoms. The fourth-order valence-corrected chi connectivity index (χ4v) is 4.59. The SMILES string of the molecule is CCCCCCc1cccc(C(CCCC(C)C)C(=O)O)c1C(CCCC(C)C)C(=O)O. The van der Waals surface area contributed by atoms with Crippen molar-refractivity contribution >= 4 is 11.9 Å². The second kappa shape index (κ2) is 15.1. The summed E-state index contributed by atoms with van der Waals surface area (Å²) in [5, 5.41) is 20.2. The summed E-state index contributed by atoms with van der Waals surface area (Å²) in [4.78, 5) is 24.7. The number of aliphatic carboxylic acids is 2. The zero-order valence-electron chi connectivity index (χ0n) is 21.0. The van der Waals surface area contributed by atoms with Crippen molar-refractivity contribution in [3.63, 3.8) is 0 Å². The summed E-state index contributed by atoms with van der Waals surface area (Å²) in [6.07, 6.45) is 9.99. The van der Waals surface area contributed by atoms with Crippen LogP contribution in [0.4, 0.5) is 0 Å². The van der Waals surface area contributed by atoms with Crippen molar-refractivity contribution < 1.29 is 19.8 Å². The number of carboxylic acid groups (broad SMARTS) is 2. The van der Waals surface area contributed by atoms with E-state index in [9.17, 15) is 19.8 Å². The van der Waals surface area contributed by atoms with Crippen LogP contribution in [0.3, 0.4) is 0 Å². The lowest BCUT2D eigenvalue weighted by molar-refractivity contribution is -0.140. The molecular weight excluding hydrogens is 400 g/mol. The molecule has 0 radical (unpaired) electrons. The summed E-state index contributed by atoms with van der Waals surface area (Å²) >= 11 is 0. The molecule has 1 aromatic rings. The second-order valence-electron chi connectivity index (χ2n) is 10.2. The molecule has 1 rings (SSSR count). The lowest BCUT2D eigenvalue weighted by Crippen LogP contribution is -2.21. The Morgan fingerprint density at radius 3 is 1.81 bits per heavy atom. The second-order valence-corrected chi connectivity index (χ2v) is 10.2. The molecule has 0 amide bonds. The Balaban J connectivity index is 3.35. The van der Waals surface area contributed by atoms with Gasteiger partial charge in [-0.3, -0.25) is 9.59 Å². The Morgan fingerprint density at radius 1 is 0.750 bits per heavy atom. The molecule has 0 spiro atoms. The van der Waals surface area contributed by atoms with E-state index in [4.69, 9.17) is 0 Å². The third kappa shape index (κ3) is 9.75. The summed E-state index contributed by atoms with van der Waals surface area (Å²) in [5.74, 6) is -1.91. The van der Waals surface area contributed by atoms with E-state index in [-0.39, 0.29) is 0 Å². The zero-order valence-corrected chi connectivity index (χ0v) is 21.0. The first-order chi connectivity index (χ1) is 15.2. The smallest absolute Gasteiger partial charge is 0.310 e. The van der Waals surface area contributed by atoms with Gasteiger partial charge in [-0.2, -0.15) is 0 Å². The van der Waals surface area contributed by atoms with Gasteiger partial charge in [0.1, 0.15) is 0 Å². The highest BCUT2D eigenvalue weighted by atomic mass is 16.4. The number of benzene rings is 1. The molecule has 0 aromatic heterocycles. The normalized spacial score (nSPS) is 13.5. The summed E-state index contributed by atoms with van der Waals surface area (Å²) < 4.78 is 0. The molecule has 1 aromatic carbocycles. The van der Waals surface area contributed by atoms with Crippen molar-refractivity contribution in [2.24, 2.45) is 11.8 Å². The van der Waals surface area contributed by atoms with Gasteiger partial charge in [-0.1, -0.05) is 97.8 Å². The zero-order chi connectivity index (χ0) is 24.1. The van der Waals surface area contributed by atoms with E-state index >= 15 is 0 Å². The quantitative estimate of drug-likeness (QED) is 0.239. The average Bonchev–Trinajstić information content (AvgIpc) is 2.71. The van der Waals surface area contributed by atoms with E-state index in [1.54, 1.807) is 0 Å². The monoisotopic (exact) mass is 446 g/mol. The van der Waals surface area contributed by atoms with Gasteiger partial charge < -0.3 is 10.2 Å². The Hall–Kier alpha value is -1.84. The molecule has 0 heterocycles. The van der Waals surface area contributed by atoms with E-state index < -0.39 is 23.8 Å². The Bertz CT molecular complexity index is 693. The molecule has 0 bridgehead atoms. The van der Waals surface area contributed by atoms with E-state index in [1.807, 2.05) is 18.2 Å². The van der Waals surface area contributed by atoms with E-state index in [1.165, 1.54) is 6.42 Å². The average molecular weight is 447 g/mol. The van der Waals surface area contributed by atoms with Gasteiger partial charge in [0.15, 0.2) is 0 Å². The summed E-state index contributed by atoms with van der Waals surface area (Å²) in [7, 11) is 0. The minimum atomic E-state index is -0.843. The number of carboxylic acids is 2. The molecular formula is C28H46O4. The van der Waals surface area contributed by atoms with Crippen LogP contribution in [-0.4, -0.2) is 22.2 Å². The van der Waals surface area contributed by atoms with E-state index in [2.05, 4.69) is 34.6 Å². The minimum Gasteiger partial charge on any atom is -0.481 e. The highest BCUT2D eigenvalue weighted by Gasteiger charge is 2.30. The molecule has 0 aliphatic heterocycles. The van der Waals surface area contributed by atoms with E-state index in [0.29, 0.717) is 24.7 Å². The number of hydrogen-bond acceptors (Lipinski definition) is 2. The minimum absolute atomic E-state index is 0.524. The first-order valence-corrected chi connectivity index (χ1v) is 12.8. The summed E-state index contributed by atoms with van der Waals surface area (Å²) in [6.45, 7) is 10.8. The van der Waals surface area contributed by atoms with Crippen LogP contribution < -0.4 is 0 Å². The molecule has 2 unspecified atom stereocenters. The molecule has 0 saturated carbocycles. The van der Waals surface area contributed by atoms with Gasteiger partial charge in [-0.05, 0) is 54.2 Å². The van der Waals surface area contributed by atoms with Gasteiger partial charge in [-0.15, -0.1) is 0 Å². The Morgan fingerprint density at radius 2 is 1.31 bits per heavy atom. The van der Waals surface area contributed by atoms with Gasteiger partial charge in [0.05, 0.1) is 11.8 Å². The summed E-state index contributed by atoms with van der Waals surface area (Å²) in [6, 6.07) is 5.83. The maximum absolute atomic E-state index is 12.4. The highest BCUT2D eigenvalue weighted by Crippen LogP contribution is 2.36. The van der Waals surface area contributed by atoms with Crippen LogP contribution in [0.5, 0.6) is 0 Å². The molecule has 0 fully saturated rings. The first-order valence-electron chi connectivity index (χ1n) is 12.8. The van der Waals surface area contributed by atoms with Gasteiger partial charge in [-0.25, -0.2) is 0 Å². The molecule has 4 nitrogen and oxygen atoms in total. The van der Waals surface area contributed by atoms with Crippen LogP contribution in [0.15, 0.2) is 18.2 Å². The van der Waals surface area contributed by atoms with Crippen LogP contribution in [0.25, 0.3) is 0 Å². The van der Waals surface area contributed by atoms with Gasteiger partial charge in [0.2, 0.25) is 0 Å². The van der Waals surface area contributed by atoms with Gasteiger partial charge in [0, 0.05) is 0 Å². The number of unbranched alkanes of at least 4 members (excludes halogenated alkanes) is 3. The number of aryl methyl sites for hydroxylation is 1. The molecule has 0 saturated heterocycles. The molecule has 2 N–H and O–H groups in total. The Labute approximate surface area is 195 Å². The topological polar surface area (TPSA) is 74.6 Å². The Kier molecular flexibility index (Phi) is 13.3. The molecule has 0 aliphatic carbocycles. The van der Waals surface area contributed by atoms with Crippen LogP contribution in [0.1, 0.15) is 127 Å². The van der Waals surface area contributed by atoms with Crippen molar-refractivity contribution in [3.05, 3.63) is 34.9 Å². The number of hydrogen-bond donors (Lipinski definition) is 2. The predicted octanol–water partition coefficient (Wildman–Crippen LogP) is 7.80. The van der Waals surface area contributed by atoms with Crippen LogP contribution in [0, 0.1) is 11.8 Å². The maximum Gasteiger partial charge on any atom is 0.310 e. The highest BCUT2D eigenvalue weighted by molar-refractivity contribution is 5.81. The summed E-state index contributed by atoms with van der Waals surface area (Å²) in [5.41, 5.74) is 2.55. The lowest BCUT2D eigenvalue weighted by Gasteiger charge is -2.25. The number of carbonyl (C=O) groups is 2. The van der Waals surface area contributed by atoms with Crippen LogP contribution >= 0.6 is 0 Å². The van der Waals surface area contributed by atoms with Crippen molar-refractivity contribution in [2.45, 2.75) is 117 Å². The molecule has 32 heavy (non-hydrogen) atoms. The van der Waals surface area contributed by atoms with Gasteiger partial charge in [0.25, 0.3) is 0 Å². The maximum atomic E-state index is 12.4. The lowest BCUT2D eigenvalue weighted by atomic mass is 9.79. The van der Waals surface area contributed by atoms with Crippen LogP contribution in [-0.2, 0) is 16.0 Å². The van der Waals surface area contributed by atoms with Crippen molar-refractivity contribution in [1.29, 1.82) is 0 Å². The largest absolute Gasteiger partial charge is 0.481 e. The number of rotatable bonds is 17.